The third-order valence-corrected chi connectivity index (χ3v) is 18.4. The van der Waals surface area contributed by atoms with Crippen molar-refractivity contribution in [3.05, 3.63) is 122 Å². The van der Waals surface area contributed by atoms with E-state index in [1.807, 2.05) is 21.1 Å². The minimum atomic E-state index is -4.65. The average Bonchev–Trinajstić information content (AvgIpc) is 1.98. The van der Waals surface area contributed by atoms with Gasteiger partial charge in [0.05, 0.1) is 27.7 Å². The van der Waals surface area contributed by atoms with E-state index in [1.54, 1.807) is 0 Å². The highest BCUT2D eigenvalue weighted by atomic mass is 31.2. The van der Waals surface area contributed by atoms with E-state index in [1.165, 1.54) is 231 Å². The molecule has 9 nitrogen and oxygen atoms in total. The molecule has 96 heavy (non-hydrogen) atoms. The second kappa shape index (κ2) is 75.6. The number of likely N-dealkylation sites (N-methyl/N-ethyl adjacent to an activating group) is 1. The first-order valence-corrected chi connectivity index (χ1v) is 41.7. The number of unbranched alkanes of at least 4 members (excludes halogenated alkanes) is 40. The van der Waals surface area contributed by atoms with Gasteiger partial charge < -0.3 is 27.9 Å². The highest BCUT2D eigenvalue weighted by Gasteiger charge is 2.22. The van der Waals surface area contributed by atoms with Crippen molar-refractivity contribution in [2.75, 3.05) is 47.5 Å². The summed E-state index contributed by atoms with van der Waals surface area (Å²) in [5.74, 6) is -0.821. The molecule has 2 atom stereocenters. The van der Waals surface area contributed by atoms with Crippen molar-refractivity contribution in [2.24, 2.45) is 0 Å². The van der Waals surface area contributed by atoms with Crippen molar-refractivity contribution in [2.45, 2.75) is 367 Å². The summed E-state index contributed by atoms with van der Waals surface area (Å²) in [4.78, 5) is 38.2. The molecular formula is C86H152NO8P. The van der Waals surface area contributed by atoms with Crippen LogP contribution < -0.4 is 4.89 Å². The zero-order valence-electron chi connectivity index (χ0n) is 63.3. The molecule has 554 valence electrons. The second-order valence-corrected chi connectivity index (χ2v) is 29.5. The average molecular weight is 1360 g/mol. The van der Waals surface area contributed by atoms with Gasteiger partial charge in [-0.25, -0.2) is 0 Å². The van der Waals surface area contributed by atoms with Gasteiger partial charge in [0.1, 0.15) is 19.8 Å². The van der Waals surface area contributed by atoms with Gasteiger partial charge in [0.2, 0.25) is 0 Å². The van der Waals surface area contributed by atoms with Crippen LogP contribution in [0.15, 0.2) is 122 Å². The molecule has 0 aliphatic heterocycles. The predicted molar refractivity (Wildman–Crippen MR) is 415 cm³/mol. The summed E-state index contributed by atoms with van der Waals surface area (Å²) in [7, 11) is 1.17. The zero-order chi connectivity index (χ0) is 69.7. The normalized spacial score (nSPS) is 13.7. The van der Waals surface area contributed by atoms with Crippen molar-refractivity contribution in [3.63, 3.8) is 0 Å². The highest BCUT2D eigenvalue weighted by molar-refractivity contribution is 7.45. The van der Waals surface area contributed by atoms with Gasteiger partial charge in [0.25, 0.3) is 7.82 Å². The summed E-state index contributed by atoms with van der Waals surface area (Å²) in [6.07, 6.45) is 109. The van der Waals surface area contributed by atoms with Crippen LogP contribution in [-0.4, -0.2) is 70.0 Å². The molecule has 0 rings (SSSR count). The van der Waals surface area contributed by atoms with E-state index in [2.05, 4.69) is 135 Å². The molecule has 0 saturated heterocycles. The lowest BCUT2D eigenvalue weighted by molar-refractivity contribution is -0.870. The van der Waals surface area contributed by atoms with E-state index in [-0.39, 0.29) is 32.0 Å². The second-order valence-electron chi connectivity index (χ2n) is 28.0. The molecule has 0 spiro atoms. The molecule has 0 saturated carbocycles. The maximum atomic E-state index is 12.9. The quantitative estimate of drug-likeness (QED) is 0.0195. The summed E-state index contributed by atoms with van der Waals surface area (Å²) in [6, 6.07) is 0. The number of phosphoric acid groups is 1. The SMILES string of the molecule is CC/C=C\C/C=C\C/C=C\C/C=C\C/C=C\C/C=C\C/C=C\CCCCCCCCCCCCCCCCCCCC(=O)OC(COC(=O)CCCCCCCCCCCCCCCCCCCC/C=C\C/C=C\C/C=C\CCCCCCC)COP(=O)([O-])OCC[N+](C)(C)C. The van der Waals surface area contributed by atoms with E-state index < -0.39 is 26.5 Å². The first kappa shape index (κ1) is 92.4. The maximum absolute atomic E-state index is 12.9. The lowest BCUT2D eigenvalue weighted by Crippen LogP contribution is -2.37. The number of rotatable bonds is 74. The van der Waals surface area contributed by atoms with Crippen LogP contribution in [0.3, 0.4) is 0 Å². The molecule has 2 unspecified atom stereocenters. The Hall–Kier alpha value is -3.59. The van der Waals surface area contributed by atoms with Gasteiger partial charge in [-0.15, -0.1) is 0 Å². The fraction of sp³-hybridized carbons (Fsp3) is 0.744. The Morgan fingerprint density at radius 3 is 0.885 bits per heavy atom. The number of allylic oxidation sites excluding steroid dienone is 20. The van der Waals surface area contributed by atoms with Gasteiger partial charge in [0, 0.05) is 12.8 Å². The molecule has 0 bridgehead atoms. The van der Waals surface area contributed by atoms with Crippen LogP contribution in [0, 0.1) is 0 Å². The monoisotopic (exact) mass is 1360 g/mol. The highest BCUT2D eigenvalue weighted by Crippen LogP contribution is 2.38. The van der Waals surface area contributed by atoms with Gasteiger partial charge >= 0.3 is 11.9 Å². The van der Waals surface area contributed by atoms with E-state index in [4.69, 9.17) is 18.5 Å². The Kier molecular flexibility index (Phi) is 72.8. The Labute approximate surface area is 594 Å². The first-order valence-electron chi connectivity index (χ1n) is 40.2. The molecular weight excluding hydrogens is 1210 g/mol. The van der Waals surface area contributed by atoms with E-state index in [9.17, 15) is 19.0 Å². The molecule has 10 heteroatoms. The predicted octanol–water partition coefficient (Wildman–Crippen LogP) is 26.3. The summed E-state index contributed by atoms with van der Waals surface area (Å²) in [6.45, 7) is 4.15. The number of hydrogen-bond acceptors (Lipinski definition) is 8. The Balaban J connectivity index is 3.97. The van der Waals surface area contributed by atoms with E-state index in [0.717, 1.165) is 96.3 Å². The Bertz CT molecular complexity index is 2040. The van der Waals surface area contributed by atoms with Crippen LogP contribution in [0.4, 0.5) is 0 Å². The number of phosphoric ester groups is 1. The number of ether oxygens (including phenoxy) is 2. The zero-order valence-corrected chi connectivity index (χ0v) is 64.2. The number of carbonyl (C=O) groups excluding carboxylic acids is 2. The smallest absolute Gasteiger partial charge is 0.306 e. The summed E-state index contributed by atoms with van der Waals surface area (Å²) >= 11 is 0. The molecule has 0 radical (unpaired) electrons. The fourth-order valence-electron chi connectivity index (χ4n) is 11.4. The van der Waals surface area contributed by atoms with Crippen LogP contribution in [-0.2, 0) is 32.7 Å². The third-order valence-electron chi connectivity index (χ3n) is 17.5. The minimum Gasteiger partial charge on any atom is -0.756 e. The Morgan fingerprint density at radius 2 is 0.594 bits per heavy atom. The molecule has 0 N–H and O–H groups in total. The standard InChI is InChI=1S/C86H152NO8P/c1-6-8-10-12-14-16-18-20-22-24-26-28-30-32-34-36-38-40-41-42-43-44-45-47-49-51-53-55-57-59-61-63-65-67-69-71-73-75-77-79-86(89)95-84(83-94-96(90,91)93-81-80-87(3,4)5)82-92-85(88)78-76-74-72-70-68-66-64-62-60-58-56-54-52-50-48-46-39-37-35-33-31-29-27-25-23-21-19-17-15-13-11-9-7-2/h8,10,14,16,19-22,25-28,31-34,38,40,42-43,84H,6-7,9,11-13,15,17-18,23-24,29-30,35-37,39,41,44-83H2,1-5H3/b10-8-,16-14-,21-19-,22-20-,27-25-,28-26-,33-31-,34-32-,40-38-,43-42-. The van der Waals surface area contributed by atoms with Crippen LogP contribution in [0.2, 0.25) is 0 Å². The third kappa shape index (κ3) is 79.4. The van der Waals surface area contributed by atoms with Crippen molar-refractivity contribution in [3.8, 4) is 0 Å². The molecule has 0 aromatic rings. The Morgan fingerprint density at radius 1 is 0.333 bits per heavy atom. The first-order chi connectivity index (χ1) is 47.0. The summed E-state index contributed by atoms with van der Waals surface area (Å²) in [5, 5.41) is 0. The lowest BCUT2D eigenvalue weighted by atomic mass is 10.0. The molecule has 0 fully saturated rings. The van der Waals surface area contributed by atoms with Gasteiger partial charge in [-0.05, 0) is 109 Å². The molecule has 0 heterocycles. The molecule has 0 aromatic carbocycles. The molecule has 0 aliphatic carbocycles. The molecule has 0 aromatic heterocycles. The topological polar surface area (TPSA) is 111 Å². The van der Waals surface area contributed by atoms with E-state index in [0.29, 0.717) is 17.4 Å². The molecule has 0 aliphatic rings. The maximum Gasteiger partial charge on any atom is 0.306 e. The van der Waals surface area contributed by atoms with Crippen molar-refractivity contribution in [1.29, 1.82) is 0 Å². The van der Waals surface area contributed by atoms with Crippen LogP contribution in [0.25, 0.3) is 0 Å². The molecule has 0 amide bonds. The number of nitrogens with zero attached hydrogens (tertiary/aromatic N) is 1. The van der Waals surface area contributed by atoms with Crippen molar-refractivity contribution < 1.29 is 42.1 Å². The van der Waals surface area contributed by atoms with E-state index >= 15 is 0 Å². The number of quaternary nitrogens is 1. The van der Waals surface area contributed by atoms with Crippen molar-refractivity contribution in [1.82, 2.24) is 0 Å². The minimum absolute atomic E-state index is 0.0327. The summed E-state index contributed by atoms with van der Waals surface area (Å²) in [5.41, 5.74) is 0. The number of carbonyl (C=O) groups is 2. The van der Waals surface area contributed by atoms with Crippen LogP contribution in [0.5, 0.6) is 0 Å². The number of esters is 2. The van der Waals surface area contributed by atoms with Crippen LogP contribution >= 0.6 is 7.82 Å². The van der Waals surface area contributed by atoms with Gasteiger partial charge in [-0.1, -0.05) is 360 Å². The fourth-order valence-corrected chi connectivity index (χ4v) is 12.1. The lowest BCUT2D eigenvalue weighted by Gasteiger charge is -2.28. The van der Waals surface area contributed by atoms with Gasteiger partial charge in [-0.2, -0.15) is 0 Å². The van der Waals surface area contributed by atoms with Crippen molar-refractivity contribution >= 4 is 19.8 Å². The summed E-state index contributed by atoms with van der Waals surface area (Å²) < 4.78 is 34.4. The van der Waals surface area contributed by atoms with Gasteiger partial charge in [-0.3, -0.25) is 14.2 Å². The number of hydrogen-bond donors (Lipinski definition) is 0. The van der Waals surface area contributed by atoms with Crippen LogP contribution in [0.1, 0.15) is 361 Å². The van der Waals surface area contributed by atoms with Gasteiger partial charge in [0.15, 0.2) is 6.10 Å². The largest absolute Gasteiger partial charge is 0.756 e.